The largest absolute Gasteiger partial charge is 0.444 e. The average molecular weight is 545 g/mol. The molecule has 0 N–H and O–H groups in total. The van der Waals surface area contributed by atoms with E-state index in [1.807, 2.05) is 33.0 Å². The number of carbonyl (C=O) groups is 3. The van der Waals surface area contributed by atoms with E-state index in [2.05, 4.69) is 34.2 Å². The summed E-state index contributed by atoms with van der Waals surface area (Å²) in [5, 5.41) is 0.754. The lowest BCUT2D eigenvalue weighted by molar-refractivity contribution is -0.133. The topological polar surface area (TPSA) is 110 Å². The molecule has 0 aromatic carbocycles. The molecular formula is C26H40N6O5Si. The van der Waals surface area contributed by atoms with Crippen LogP contribution in [0.2, 0.25) is 25.7 Å². The van der Waals surface area contributed by atoms with Crippen molar-refractivity contribution in [2.45, 2.75) is 77.4 Å². The molecule has 208 valence electrons. The summed E-state index contributed by atoms with van der Waals surface area (Å²) in [6.45, 7) is 14.3. The summed E-state index contributed by atoms with van der Waals surface area (Å²) in [5.74, 6) is 0.253. The number of hydrogen-bond donors (Lipinski definition) is 0. The summed E-state index contributed by atoms with van der Waals surface area (Å²) >= 11 is 0. The summed E-state index contributed by atoms with van der Waals surface area (Å²) < 4.78 is 13.3. The summed E-state index contributed by atoms with van der Waals surface area (Å²) in [6, 6.07) is 2.61. The summed E-state index contributed by atoms with van der Waals surface area (Å²) in [6.07, 6.45) is 4.88. The first-order valence-corrected chi connectivity index (χ1v) is 17.0. The van der Waals surface area contributed by atoms with Crippen LogP contribution in [-0.2, 0) is 14.3 Å². The molecule has 11 nitrogen and oxygen atoms in total. The Kier molecular flexibility index (Phi) is 8.12. The second-order valence-corrected chi connectivity index (χ2v) is 17.8. The van der Waals surface area contributed by atoms with E-state index < -0.39 is 19.7 Å². The molecule has 4 rings (SSSR count). The molecule has 2 aromatic heterocycles. The van der Waals surface area contributed by atoms with Gasteiger partial charge in [0.15, 0.2) is 0 Å². The number of fused-ring (bicyclic) bond motifs is 1. The van der Waals surface area contributed by atoms with E-state index >= 15 is 0 Å². The summed E-state index contributed by atoms with van der Waals surface area (Å²) in [5.41, 5.74) is 0.206. The first-order valence-electron chi connectivity index (χ1n) is 13.3. The summed E-state index contributed by atoms with van der Waals surface area (Å²) in [4.78, 5) is 51.7. The zero-order chi connectivity index (χ0) is 27.7. The molecule has 4 heterocycles. The number of aromatic nitrogens is 3. The van der Waals surface area contributed by atoms with Gasteiger partial charge in [0.1, 0.15) is 30.1 Å². The minimum atomic E-state index is -1.27. The van der Waals surface area contributed by atoms with E-state index in [0.29, 0.717) is 25.5 Å². The molecule has 0 spiro atoms. The monoisotopic (exact) mass is 544 g/mol. The molecule has 2 aliphatic rings. The van der Waals surface area contributed by atoms with Gasteiger partial charge in [0.25, 0.3) is 0 Å². The van der Waals surface area contributed by atoms with Crippen molar-refractivity contribution in [3.63, 3.8) is 0 Å². The van der Waals surface area contributed by atoms with Crippen LogP contribution in [0.25, 0.3) is 11.0 Å². The van der Waals surface area contributed by atoms with Crippen LogP contribution >= 0.6 is 0 Å². The summed E-state index contributed by atoms with van der Waals surface area (Å²) in [7, 11) is -1.27. The predicted octanol–water partition coefficient (Wildman–Crippen LogP) is 4.47. The van der Waals surface area contributed by atoms with Crippen LogP contribution in [0.15, 0.2) is 18.6 Å². The Hall–Kier alpha value is -2.99. The first-order chi connectivity index (χ1) is 17.8. The zero-order valence-corrected chi connectivity index (χ0v) is 24.4. The molecule has 2 saturated heterocycles. The van der Waals surface area contributed by atoms with E-state index in [0.717, 1.165) is 29.9 Å². The lowest BCUT2D eigenvalue weighted by atomic mass is 10.1. The Labute approximate surface area is 225 Å². The van der Waals surface area contributed by atoms with E-state index in [1.54, 1.807) is 9.80 Å². The van der Waals surface area contributed by atoms with Gasteiger partial charge >= 0.3 is 12.1 Å². The molecule has 12 heteroatoms. The maximum absolute atomic E-state index is 13.3. The highest BCUT2D eigenvalue weighted by atomic mass is 28.3. The van der Waals surface area contributed by atoms with Gasteiger partial charge in [-0.3, -0.25) is 9.69 Å². The lowest BCUT2D eigenvalue weighted by Gasteiger charge is -2.34. The zero-order valence-electron chi connectivity index (χ0n) is 23.4. The number of urea groups is 1. The lowest BCUT2D eigenvalue weighted by Crippen LogP contribution is -2.53. The number of ether oxygens (including phenoxy) is 2. The van der Waals surface area contributed by atoms with Gasteiger partial charge in [-0.2, -0.15) is 0 Å². The van der Waals surface area contributed by atoms with Crippen molar-refractivity contribution in [2.24, 2.45) is 0 Å². The molecule has 0 saturated carbocycles. The third kappa shape index (κ3) is 6.52. The number of likely N-dealkylation sites (tertiary alicyclic amines) is 1. The second kappa shape index (κ2) is 11.0. The number of carbonyl (C=O) groups excluding carboxylic acids is 3. The van der Waals surface area contributed by atoms with Gasteiger partial charge in [-0.25, -0.2) is 24.5 Å². The van der Waals surface area contributed by atoms with Crippen molar-refractivity contribution < 1.29 is 23.9 Å². The normalized spacial score (nSPS) is 18.0. The molecule has 0 aliphatic carbocycles. The molecule has 4 amide bonds. The number of piperidine rings is 1. The number of imide groups is 1. The van der Waals surface area contributed by atoms with Crippen LogP contribution in [0, 0.1) is 0 Å². The molecule has 2 fully saturated rings. The third-order valence-corrected chi connectivity index (χ3v) is 8.49. The van der Waals surface area contributed by atoms with Crippen LogP contribution in [0.4, 0.5) is 15.4 Å². The van der Waals surface area contributed by atoms with Gasteiger partial charge < -0.3 is 18.9 Å². The number of hydrogen-bond acceptors (Lipinski definition) is 7. The van der Waals surface area contributed by atoms with Crippen molar-refractivity contribution >= 4 is 43.0 Å². The highest BCUT2D eigenvalue weighted by Gasteiger charge is 2.35. The van der Waals surface area contributed by atoms with Gasteiger partial charge in [0.05, 0.1) is 5.39 Å². The minimum Gasteiger partial charge on any atom is -0.444 e. The predicted molar refractivity (Wildman–Crippen MR) is 147 cm³/mol. The van der Waals surface area contributed by atoms with E-state index in [1.165, 1.54) is 11.2 Å². The molecule has 0 radical (unpaired) electrons. The Morgan fingerprint density at radius 1 is 1.11 bits per heavy atom. The van der Waals surface area contributed by atoms with Gasteiger partial charge in [-0.1, -0.05) is 19.6 Å². The van der Waals surface area contributed by atoms with Crippen LogP contribution in [0.5, 0.6) is 0 Å². The number of anilines is 1. The molecule has 2 aromatic rings. The number of nitrogens with zero attached hydrogens (tertiary/aromatic N) is 6. The molecule has 0 unspecified atom stereocenters. The van der Waals surface area contributed by atoms with Gasteiger partial charge in [0, 0.05) is 53.0 Å². The molecule has 2 aliphatic heterocycles. The van der Waals surface area contributed by atoms with Crippen molar-refractivity contribution in [1.82, 2.24) is 24.3 Å². The Balaban J connectivity index is 1.45. The van der Waals surface area contributed by atoms with Crippen LogP contribution < -0.4 is 4.90 Å². The smallest absolute Gasteiger partial charge is 0.410 e. The average Bonchev–Trinajstić information content (AvgIpc) is 3.26. The van der Waals surface area contributed by atoms with Gasteiger partial charge in [-0.05, 0) is 45.7 Å². The van der Waals surface area contributed by atoms with Crippen LogP contribution in [0.1, 0.15) is 46.1 Å². The fourth-order valence-corrected chi connectivity index (χ4v) is 5.43. The van der Waals surface area contributed by atoms with Crippen LogP contribution in [0.3, 0.4) is 0 Å². The molecule has 0 bridgehead atoms. The Morgan fingerprint density at radius 2 is 1.82 bits per heavy atom. The van der Waals surface area contributed by atoms with Crippen LogP contribution in [-0.4, -0.2) is 89.0 Å². The Bertz CT molecular complexity index is 1180. The molecule has 0 atom stereocenters. The fraction of sp³-hybridized carbons (Fsp3) is 0.654. The highest BCUT2D eigenvalue weighted by Crippen LogP contribution is 2.32. The third-order valence-electron chi connectivity index (χ3n) is 6.78. The van der Waals surface area contributed by atoms with Crippen molar-refractivity contribution in [1.29, 1.82) is 0 Å². The minimum absolute atomic E-state index is 0.0515. The SMILES string of the molecule is CC(C)(C)OC(=O)N1CCC(n2ccc3c(N4CCC(=O)N(COCC[Si](C)(C)C)C4=O)ncnc32)CC1. The molecular weight excluding hydrogens is 504 g/mol. The van der Waals surface area contributed by atoms with Crippen molar-refractivity contribution in [3.05, 3.63) is 18.6 Å². The van der Waals surface area contributed by atoms with Gasteiger partial charge in [0.2, 0.25) is 5.91 Å². The van der Waals surface area contributed by atoms with Crippen molar-refractivity contribution in [3.8, 4) is 0 Å². The maximum atomic E-state index is 13.3. The fourth-order valence-electron chi connectivity index (χ4n) is 4.67. The highest BCUT2D eigenvalue weighted by molar-refractivity contribution is 6.76. The van der Waals surface area contributed by atoms with Gasteiger partial charge in [-0.15, -0.1) is 0 Å². The van der Waals surface area contributed by atoms with E-state index in [9.17, 15) is 14.4 Å². The Morgan fingerprint density at radius 3 is 2.47 bits per heavy atom. The van der Waals surface area contributed by atoms with E-state index in [4.69, 9.17) is 9.47 Å². The molecule has 38 heavy (non-hydrogen) atoms. The van der Waals surface area contributed by atoms with E-state index in [-0.39, 0.29) is 37.7 Å². The van der Waals surface area contributed by atoms with Crippen molar-refractivity contribution in [2.75, 3.05) is 37.9 Å². The second-order valence-electron chi connectivity index (χ2n) is 12.2. The first kappa shape index (κ1) is 28.0. The number of rotatable bonds is 7. The maximum Gasteiger partial charge on any atom is 0.410 e. The quantitative estimate of drug-likeness (QED) is 0.373. The standard InChI is InChI=1S/C26H40N6O5Si/c1-26(2,3)37-25(35)29-11-7-19(8-12-29)30-13-9-20-22(30)27-17-28-23(20)31-14-10-21(33)32(24(31)34)18-36-15-16-38(4,5)6/h9,13,17,19H,7-8,10-12,14-16,18H2,1-6H3. The number of amides is 4.